The molecular weight excluding hydrogens is 662 g/mol. The fraction of sp³-hybridized carbons (Fsp3) is 0.550. The van der Waals surface area contributed by atoms with Crippen molar-refractivity contribution >= 4 is 40.4 Å². The van der Waals surface area contributed by atoms with E-state index in [2.05, 4.69) is 46.1 Å². The van der Waals surface area contributed by atoms with Gasteiger partial charge in [-0.3, -0.25) is 19.5 Å². The number of halogens is 2. The lowest BCUT2D eigenvalue weighted by atomic mass is 9.71. The third-order valence-electron chi connectivity index (χ3n) is 12.1. The molecule has 2 aliphatic carbocycles. The molecule has 0 radical (unpaired) electrons. The van der Waals surface area contributed by atoms with E-state index in [0.29, 0.717) is 18.2 Å². The molecule has 0 unspecified atom stereocenters. The molecule has 3 aliphatic heterocycles. The van der Waals surface area contributed by atoms with Crippen molar-refractivity contribution in [3.8, 4) is 11.3 Å². The van der Waals surface area contributed by atoms with Gasteiger partial charge in [-0.2, -0.15) is 0 Å². The summed E-state index contributed by atoms with van der Waals surface area (Å²) < 4.78 is 31.1. The second-order valence-electron chi connectivity index (χ2n) is 16.7. The Morgan fingerprint density at radius 3 is 2.38 bits per heavy atom. The van der Waals surface area contributed by atoms with Gasteiger partial charge in [0.15, 0.2) is 17.5 Å². The summed E-state index contributed by atoms with van der Waals surface area (Å²) in [5, 5.41) is 6.01. The molecule has 1 aromatic carbocycles. The van der Waals surface area contributed by atoms with Gasteiger partial charge in [0.2, 0.25) is 5.91 Å². The van der Waals surface area contributed by atoms with E-state index < -0.39 is 23.0 Å². The number of carbonyl (C=O) groups excluding carboxylic acids is 2. The Morgan fingerprint density at radius 2 is 1.71 bits per heavy atom. The molecule has 2 amide bonds. The summed E-state index contributed by atoms with van der Waals surface area (Å²) in [5.74, 6) is -2.17. The van der Waals surface area contributed by atoms with Crippen molar-refractivity contribution in [2.45, 2.75) is 116 Å². The fourth-order valence-electron chi connectivity index (χ4n) is 8.76. The zero-order valence-electron chi connectivity index (χ0n) is 31.4. The zero-order valence-corrected chi connectivity index (χ0v) is 31.4. The Balaban J connectivity index is 1.18. The first-order chi connectivity index (χ1) is 24.7. The maximum absolute atomic E-state index is 15.7. The van der Waals surface area contributed by atoms with Crippen molar-refractivity contribution in [2.75, 3.05) is 46.8 Å². The molecule has 0 atom stereocenters. The van der Waals surface area contributed by atoms with Crippen LogP contribution in [0.1, 0.15) is 101 Å². The minimum Gasteiger partial charge on any atom is -0.355 e. The molecule has 0 bridgehead atoms. The van der Waals surface area contributed by atoms with Gasteiger partial charge in [-0.25, -0.2) is 13.8 Å². The minimum absolute atomic E-state index is 0.0365. The molecule has 10 nitrogen and oxygen atoms in total. The summed E-state index contributed by atoms with van der Waals surface area (Å²) in [5.41, 5.74) is 3.68. The average Bonchev–Trinajstić information content (AvgIpc) is 3.82. The number of hydrogen-bond donors (Lipinski definition) is 2. The number of aromatic nitrogens is 2. The second kappa shape index (κ2) is 12.4. The van der Waals surface area contributed by atoms with Crippen LogP contribution in [-0.2, 0) is 10.2 Å². The third-order valence-corrected chi connectivity index (χ3v) is 12.1. The lowest BCUT2D eigenvalue weighted by Gasteiger charge is -2.55. The lowest BCUT2D eigenvalue weighted by molar-refractivity contribution is -0.123. The first kappa shape index (κ1) is 34.7. The predicted octanol–water partition coefficient (Wildman–Crippen LogP) is 7.02. The molecule has 2 aromatic heterocycles. The fourth-order valence-corrected chi connectivity index (χ4v) is 8.76. The van der Waals surface area contributed by atoms with Crippen LogP contribution >= 0.6 is 0 Å². The number of carbonyl (C=O) groups is 2. The topological polar surface area (TPSA) is 96.9 Å². The van der Waals surface area contributed by atoms with Crippen LogP contribution in [0.2, 0.25) is 0 Å². The number of anilines is 5. The van der Waals surface area contributed by atoms with E-state index in [-0.39, 0.29) is 46.4 Å². The average molecular weight is 713 g/mol. The van der Waals surface area contributed by atoms with Gasteiger partial charge in [-0.1, -0.05) is 6.42 Å². The molecule has 12 heteroatoms. The lowest BCUT2D eigenvalue weighted by Crippen LogP contribution is -2.64. The van der Waals surface area contributed by atoms with E-state index in [0.717, 1.165) is 67.1 Å². The third kappa shape index (κ3) is 5.59. The zero-order chi connectivity index (χ0) is 36.9. The summed E-state index contributed by atoms with van der Waals surface area (Å²) in [4.78, 5) is 45.9. The van der Waals surface area contributed by atoms with Gasteiger partial charge in [0.25, 0.3) is 5.91 Å². The first-order valence-electron chi connectivity index (χ1n) is 18.9. The quantitative estimate of drug-likeness (QED) is 0.258. The molecule has 8 rings (SSSR count). The Bertz CT molecular complexity index is 1970. The van der Waals surface area contributed by atoms with Crippen molar-refractivity contribution in [3.05, 3.63) is 52.9 Å². The molecule has 5 aliphatic rings. The molecule has 5 heterocycles. The highest BCUT2D eigenvalue weighted by Crippen LogP contribution is 2.51. The second-order valence-corrected chi connectivity index (χ2v) is 16.7. The van der Waals surface area contributed by atoms with Gasteiger partial charge in [0.05, 0.1) is 40.5 Å². The molecule has 1 saturated heterocycles. The first-order valence-corrected chi connectivity index (χ1v) is 18.9. The van der Waals surface area contributed by atoms with E-state index in [4.69, 9.17) is 9.97 Å². The van der Waals surface area contributed by atoms with Crippen LogP contribution < -0.4 is 25.3 Å². The summed E-state index contributed by atoms with van der Waals surface area (Å²) in [6.45, 7) is 14.6. The smallest absolute Gasteiger partial charge is 0.251 e. The van der Waals surface area contributed by atoms with Crippen LogP contribution in [0.3, 0.4) is 0 Å². The van der Waals surface area contributed by atoms with Gasteiger partial charge in [0, 0.05) is 53.6 Å². The number of likely N-dealkylation sites (tertiary alicyclic amines) is 1. The summed E-state index contributed by atoms with van der Waals surface area (Å²) in [7, 11) is 1.99. The van der Waals surface area contributed by atoms with Gasteiger partial charge in [-0.05, 0) is 111 Å². The Morgan fingerprint density at radius 1 is 1.00 bits per heavy atom. The number of piperidine rings is 1. The van der Waals surface area contributed by atoms with E-state index >= 15 is 8.78 Å². The number of amides is 2. The molecule has 3 aromatic rings. The molecule has 0 spiro atoms. The Kier molecular flexibility index (Phi) is 8.28. The molecule has 276 valence electrons. The van der Waals surface area contributed by atoms with Crippen LogP contribution in [0.15, 0.2) is 24.4 Å². The van der Waals surface area contributed by atoms with Crippen molar-refractivity contribution in [3.63, 3.8) is 0 Å². The van der Waals surface area contributed by atoms with E-state index in [1.54, 1.807) is 6.20 Å². The normalized spacial score (nSPS) is 23.9. The summed E-state index contributed by atoms with van der Waals surface area (Å²) >= 11 is 0. The maximum Gasteiger partial charge on any atom is 0.251 e. The van der Waals surface area contributed by atoms with Crippen LogP contribution in [-0.4, -0.2) is 77.2 Å². The van der Waals surface area contributed by atoms with Gasteiger partial charge in [0.1, 0.15) is 5.69 Å². The van der Waals surface area contributed by atoms with E-state index in [1.807, 2.05) is 37.9 Å². The minimum atomic E-state index is -1.07. The standard InChI is InChI=1S/C40H50F2N8O2/c1-22(2)49-21-47(7)30-17-28(45-36(34(30)49)46-29-16-27(23(3)32(41)33(29)42)37(51)44-25-11-12-25)24-15-31-35(43-20-24)39(4,5)38(52)50(31)26-18-40(6,19-26)48-13-9-8-10-14-48/h15-17,20,22,25-26H,8-14,18-19,21H2,1-7H3,(H,44,51)(H,45,46). The van der Waals surface area contributed by atoms with Gasteiger partial charge >= 0.3 is 0 Å². The highest BCUT2D eigenvalue weighted by atomic mass is 19.2. The van der Waals surface area contributed by atoms with Crippen LogP contribution in [0, 0.1) is 18.6 Å². The largest absolute Gasteiger partial charge is 0.355 e. The molecule has 2 saturated carbocycles. The number of rotatable bonds is 8. The number of benzene rings is 1. The monoisotopic (exact) mass is 712 g/mol. The Hall–Kier alpha value is -4.32. The number of nitrogens with one attached hydrogen (secondary N) is 2. The number of nitrogens with zero attached hydrogens (tertiary/aromatic N) is 6. The van der Waals surface area contributed by atoms with Gasteiger partial charge < -0.3 is 25.3 Å². The highest BCUT2D eigenvalue weighted by molar-refractivity contribution is 6.08. The molecule has 2 N–H and O–H groups in total. The summed E-state index contributed by atoms with van der Waals surface area (Å²) in [6, 6.07) is 5.62. The SMILES string of the molecule is Cc1c(C(=O)NC2CC2)cc(Nc2nc(-c3cnc4c(c3)N(C3CC(C)(N5CCCCC5)C3)C(=O)C4(C)C)cc3c2N(C(C)C)CN3C)c(F)c1F. The number of hydrogen-bond acceptors (Lipinski definition) is 8. The van der Waals surface area contributed by atoms with Crippen LogP contribution in [0.4, 0.5) is 37.3 Å². The number of fused-ring (bicyclic) bond motifs is 2. The molecule has 3 fully saturated rings. The number of pyridine rings is 2. The van der Waals surface area contributed by atoms with Crippen LogP contribution in [0.25, 0.3) is 11.3 Å². The van der Waals surface area contributed by atoms with Crippen LogP contribution in [0.5, 0.6) is 0 Å². The highest BCUT2D eigenvalue weighted by Gasteiger charge is 2.54. The Labute approximate surface area is 305 Å². The summed E-state index contributed by atoms with van der Waals surface area (Å²) in [6.07, 6.45) is 9.08. The molecular formula is C40H50F2N8O2. The maximum atomic E-state index is 15.7. The van der Waals surface area contributed by atoms with Crippen molar-refractivity contribution < 1.29 is 18.4 Å². The van der Waals surface area contributed by atoms with E-state index in [1.165, 1.54) is 32.3 Å². The van der Waals surface area contributed by atoms with Crippen molar-refractivity contribution in [1.82, 2.24) is 20.2 Å². The van der Waals surface area contributed by atoms with E-state index in [9.17, 15) is 9.59 Å². The van der Waals surface area contributed by atoms with Gasteiger partial charge in [-0.15, -0.1) is 0 Å². The van der Waals surface area contributed by atoms with Crippen molar-refractivity contribution in [1.29, 1.82) is 0 Å². The van der Waals surface area contributed by atoms with Crippen molar-refractivity contribution in [2.24, 2.45) is 0 Å². The molecule has 52 heavy (non-hydrogen) atoms. The predicted molar refractivity (Wildman–Crippen MR) is 201 cm³/mol.